The molecule has 0 heteroatoms. The summed E-state index contributed by atoms with van der Waals surface area (Å²) < 4.78 is 0. The Morgan fingerprint density at radius 1 is 1.25 bits per heavy atom. The maximum Gasteiger partial charge on any atom is -0.0219 e. The molecule has 0 aromatic heterocycles. The van der Waals surface area contributed by atoms with Gasteiger partial charge in [-0.25, -0.2) is 0 Å². The summed E-state index contributed by atoms with van der Waals surface area (Å²) in [4.78, 5) is 0. The summed E-state index contributed by atoms with van der Waals surface area (Å²) in [5.41, 5.74) is 5.70. The van der Waals surface area contributed by atoms with Crippen molar-refractivity contribution in [2.24, 2.45) is 0 Å². The summed E-state index contributed by atoms with van der Waals surface area (Å²) in [6.45, 7) is 11.1. The van der Waals surface area contributed by atoms with Crippen LogP contribution in [0.1, 0.15) is 63.6 Å². The number of benzene rings is 1. The summed E-state index contributed by atoms with van der Waals surface area (Å²) in [6, 6.07) is 7.03. The van der Waals surface area contributed by atoms with Gasteiger partial charge in [0.15, 0.2) is 0 Å². The minimum atomic E-state index is 0.611. The minimum Gasteiger partial charge on any atom is -0.0841 e. The Morgan fingerprint density at radius 2 is 1.94 bits per heavy atom. The average Bonchev–Trinajstić information content (AvgIpc) is 2.28. The molecule has 0 saturated heterocycles. The van der Waals surface area contributed by atoms with Crippen molar-refractivity contribution in [3.63, 3.8) is 0 Å². The molecule has 16 heavy (non-hydrogen) atoms. The fourth-order valence-electron chi connectivity index (χ4n) is 1.88. The van der Waals surface area contributed by atoms with Gasteiger partial charge in [0.05, 0.1) is 0 Å². The van der Waals surface area contributed by atoms with E-state index in [9.17, 15) is 0 Å². The zero-order valence-corrected chi connectivity index (χ0v) is 11.3. The molecule has 88 valence electrons. The van der Waals surface area contributed by atoms with E-state index in [0.717, 1.165) is 0 Å². The largest absolute Gasteiger partial charge is 0.0841 e. The monoisotopic (exact) mass is 216 g/mol. The molecule has 0 saturated carbocycles. The van der Waals surface area contributed by atoms with Crippen LogP contribution in [0.15, 0.2) is 24.3 Å². The molecule has 0 bridgehead atoms. The Hall–Kier alpha value is -1.04. The second-order valence-electron chi connectivity index (χ2n) is 4.84. The van der Waals surface area contributed by atoms with Crippen LogP contribution in [-0.2, 0) is 6.42 Å². The van der Waals surface area contributed by atoms with Crippen LogP contribution in [0.4, 0.5) is 0 Å². The van der Waals surface area contributed by atoms with Crippen molar-refractivity contribution >= 4 is 5.57 Å². The van der Waals surface area contributed by atoms with Crippen molar-refractivity contribution in [2.75, 3.05) is 0 Å². The van der Waals surface area contributed by atoms with Crippen molar-refractivity contribution in [2.45, 2.75) is 53.4 Å². The fourth-order valence-corrected chi connectivity index (χ4v) is 1.88. The topological polar surface area (TPSA) is 0 Å². The highest BCUT2D eigenvalue weighted by molar-refractivity contribution is 5.64. The molecule has 0 nitrogen and oxygen atoms in total. The Morgan fingerprint density at radius 3 is 2.44 bits per heavy atom. The molecule has 1 aromatic carbocycles. The van der Waals surface area contributed by atoms with Crippen molar-refractivity contribution < 1.29 is 0 Å². The van der Waals surface area contributed by atoms with Gasteiger partial charge in [-0.2, -0.15) is 0 Å². The normalized spacial score (nSPS) is 12.2. The maximum atomic E-state index is 2.36. The molecule has 0 aliphatic rings. The molecule has 0 unspecified atom stereocenters. The summed E-state index contributed by atoms with van der Waals surface area (Å²) in [5.74, 6) is 0.611. The van der Waals surface area contributed by atoms with Crippen LogP contribution in [0, 0.1) is 0 Å². The van der Waals surface area contributed by atoms with E-state index in [0.29, 0.717) is 5.92 Å². The summed E-state index contributed by atoms with van der Waals surface area (Å²) in [6.07, 6.45) is 4.59. The molecule has 0 spiro atoms. The van der Waals surface area contributed by atoms with Gasteiger partial charge < -0.3 is 0 Å². The third-order valence-corrected chi connectivity index (χ3v) is 3.11. The van der Waals surface area contributed by atoms with Crippen molar-refractivity contribution in [1.29, 1.82) is 0 Å². The molecule has 0 heterocycles. The number of hydrogen-bond acceptors (Lipinski definition) is 0. The van der Waals surface area contributed by atoms with Gasteiger partial charge in [-0.3, -0.25) is 0 Å². The predicted molar refractivity (Wildman–Crippen MR) is 73.9 cm³/mol. The second kappa shape index (κ2) is 5.89. The lowest BCUT2D eigenvalue weighted by Gasteiger charge is -2.12. The molecule has 1 aromatic rings. The molecular weight excluding hydrogens is 192 g/mol. The van der Waals surface area contributed by atoms with E-state index in [1.54, 1.807) is 0 Å². The van der Waals surface area contributed by atoms with Crippen molar-refractivity contribution in [3.05, 3.63) is 41.0 Å². The molecule has 0 N–H and O–H groups in total. The summed E-state index contributed by atoms with van der Waals surface area (Å²) in [7, 11) is 0. The summed E-state index contributed by atoms with van der Waals surface area (Å²) >= 11 is 0. The molecule has 0 amide bonds. The van der Waals surface area contributed by atoms with E-state index in [2.05, 4.69) is 58.9 Å². The molecule has 1 rings (SSSR count). The lowest BCUT2D eigenvalue weighted by atomic mass is 9.93. The zero-order chi connectivity index (χ0) is 12.1. The van der Waals surface area contributed by atoms with Gasteiger partial charge in [0.2, 0.25) is 0 Å². The third-order valence-electron chi connectivity index (χ3n) is 3.11. The first-order valence-electron chi connectivity index (χ1n) is 6.35. The highest BCUT2D eigenvalue weighted by Crippen LogP contribution is 2.23. The average molecular weight is 216 g/mol. The molecule has 0 aliphatic carbocycles. The molecule has 0 atom stereocenters. The van der Waals surface area contributed by atoms with Crippen LogP contribution in [-0.4, -0.2) is 0 Å². The van der Waals surface area contributed by atoms with Crippen LogP contribution in [0.25, 0.3) is 5.57 Å². The fraction of sp³-hybridized carbons (Fsp3) is 0.500. The standard InChI is InChI=1S/C16H24/c1-6-8-14-9-15(12(3)4)11-16(10-14)13(5)7-2/h7,9-12H,6,8H2,1-5H3. The Labute approximate surface area is 100 Å². The van der Waals surface area contributed by atoms with Gasteiger partial charge in [-0.1, -0.05) is 51.5 Å². The van der Waals surface area contributed by atoms with E-state index in [4.69, 9.17) is 0 Å². The van der Waals surface area contributed by atoms with E-state index in [-0.39, 0.29) is 0 Å². The molecular formula is C16H24. The van der Waals surface area contributed by atoms with E-state index in [1.165, 1.54) is 35.1 Å². The maximum absolute atomic E-state index is 2.36. The van der Waals surface area contributed by atoms with E-state index in [1.807, 2.05) is 0 Å². The first kappa shape index (κ1) is 13.0. The van der Waals surface area contributed by atoms with Gasteiger partial charge in [-0.15, -0.1) is 0 Å². The highest BCUT2D eigenvalue weighted by Gasteiger charge is 2.05. The first-order valence-corrected chi connectivity index (χ1v) is 6.35. The van der Waals surface area contributed by atoms with Gasteiger partial charge in [0.25, 0.3) is 0 Å². The van der Waals surface area contributed by atoms with Crippen molar-refractivity contribution in [1.82, 2.24) is 0 Å². The number of allylic oxidation sites excluding steroid dienone is 2. The van der Waals surface area contributed by atoms with Gasteiger partial charge in [-0.05, 0) is 48.4 Å². The van der Waals surface area contributed by atoms with Crippen LogP contribution < -0.4 is 0 Å². The second-order valence-corrected chi connectivity index (χ2v) is 4.84. The van der Waals surface area contributed by atoms with E-state index < -0.39 is 0 Å². The smallest absolute Gasteiger partial charge is 0.0219 e. The predicted octanol–water partition coefficient (Wildman–Crippen LogP) is 5.19. The Kier molecular flexibility index (Phi) is 4.79. The van der Waals surface area contributed by atoms with Gasteiger partial charge >= 0.3 is 0 Å². The van der Waals surface area contributed by atoms with Gasteiger partial charge in [0.1, 0.15) is 0 Å². The summed E-state index contributed by atoms with van der Waals surface area (Å²) in [5, 5.41) is 0. The zero-order valence-electron chi connectivity index (χ0n) is 11.3. The Bertz CT molecular complexity index is 370. The van der Waals surface area contributed by atoms with Crippen LogP contribution in [0.2, 0.25) is 0 Å². The highest BCUT2D eigenvalue weighted by atomic mass is 14.1. The lowest BCUT2D eigenvalue weighted by molar-refractivity contribution is 0.853. The molecule has 0 radical (unpaired) electrons. The van der Waals surface area contributed by atoms with Crippen LogP contribution in [0.3, 0.4) is 0 Å². The molecule has 0 aliphatic heterocycles. The van der Waals surface area contributed by atoms with E-state index >= 15 is 0 Å². The SMILES string of the molecule is CC=C(C)c1cc(CCC)cc(C(C)C)c1. The lowest BCUT2D eigenvalue weighted by Crippen LogP contribution is -1.94. The first-order chi connectivity index (χ1) is 7.58. The minimum absolute atomic E-state index is 0.611. The van der Waals surface area contributed by atoms with Gasteiger partial charge in [0, 0.05) is 0 Å². The van der Waals surface area contributed by atoms with Crippen molar-refractivity contribution in [3.8, 4) is 0 Å². The number of hydrogen-bond donors (Lipinski definition) is 0. The van der Waals surface area contributed by atoms with Crippen LogP contribution >= 0.6 is 0 Å². The quantitative estimate of drug-likeness (QED) is 0.650. The Balaban J connectivity index is 3.18. The third kappa shape index (κ3) is 3.23. The molecule has 0 fully saturated rings. The number of rotatable bonds is 4. The van der Waals surface area contributed by atoms with Crippen LogP contribution in [0.5, 0.6) is 0 Å². The number of aryl methyl sites for hydroxylation is 1.